The Morgan fingerprint density at radius 2 is 1.71 bits per heavy atom. The molecule has 3 rings (SSSR count). The maximum absolute atomic E-state index is 8.20. The Hall–Kier alpha value is -2.09. The van der Waals surface area contributed by atoms with E-state index in [9.17, 15) is 0 Å². The molecule has 1 heterocycles. The van der Waals surface area contributed by atoms with Gasteiger partial charge in [-0.05, 0) is 24.6 Å². The first-order valence-electron chi connectivity index (χ1n) is 5.77. The highest BCUT2D eigenvalue weighted by Crippen LogP contribution is 2.27. The number of rotatable bonds is 1. The lowest BCUT2D eigenvalue weighted by molar-refractivity contribution is 1.05. The van der Waals surface area contributed by atoms with Crippen LogP contribution in [0.25, 0.3) is 0 Å². The number of fused-ring (bicyclic) bond motifs is 1. The first-order chi connectivity index (χ1) is 8.25. The maximum atomic E-state index is 8.20. The van der Waals surface area contributed by atoms with Crippen LogP contribution in [0.4, 0.5) is 5.69 Å². The minimum atomic E-state index is 0.601. The van der Waals surface area contributed by atoms with Gasteiger partial charge in [0.25, 0.3) is 0 Å². The van der Waals surface area contributed by atoms with Crippen LogP contribution in [0, 0.1) is 12.3 Å². The first kappa shape index (κ1) is 10.1. The monoisotopic (exact) mass is 222 g/mol. The SMILES string of the molecule is Cc1ccc(N2Cc3ccccc3C2=N)cc1. The molecule has 0 spiro atoms. The molecular weight excluding hydrogens is 208 g/mol. The van der Waals surface area contributed by atoms with Crippen LogP contribution in [0.1, 0.15) is 16.7 Å². The molecule has 0 amide bonds. The molecular formula is C15H14N2. The predicted molar refractivity (Wildman–Crippen MR) is 70.6 cm³/mol. The molecule has 0 bridgehead atoms. The molecule has 0 atom stereocenters. The number of hydrogen-bond donors (Lipinski definition) is 1. The predicted octanol–water partition coefficient (Wildman–Crippen LogP) is 3.34. The summed E-state index contributed by atoms with van der Waals surface area (Å²) in [5, 5.41) is 8.20. The van der Waals surface area contributed by atoms with Crippen LogP contribution in [0.2, 0.25) is 0 Å². The summed E-state index contributed by atoms with van der Waals surface area (Å²) in [6.07, 6.45) is 0. The number of aryl methyl sites for hydroxylation is 1. The van der Waals surface area contributed by atoms with Gasteiger partial charge in [-0.25, -0.2) is 0 Å². The van der Waals surface area contributed by atoms with Crippen LogP contribution in [-0.2, 0) is 6.54 Å². The van der Waals surface area contributed by atoms with Crippen LogP contribution in [0.5, 0.6) is 0 Å². The molecule has 2 nitrogen and oxygen atoms in total. The van der Waals surface area contributed by atoms with Crippen LogP contribution in [-0.4, -0.2) is 5.84 Å². The van der Waals surface area contributed by atoms with E-state index in [0.29, 0.717) is 5.84 Å². The van der Waals surface area contributed by atoms with Crippen molar-refractivity contribution >= 4 is 11.5 Å². The van der Waals surface area contributed by atoms with Crippen molar-refractivity contribution in [3.63, 3.8) is 0 Å². The molecule has 0 radical (unpaired) electrons. The van der Waals surface area contributed by atoms with Gasteiger partial charge in [0.2, 0.25) is 0 Å². The Bertz CT molecular complexity index is 570. The van der Waals surface area contributed by atoms with Gasteiger partial charge in [-0.2, -0.15) is 0 Å². The highest BCUT2D eigenvalue weighted by molar-refractivity contribution is 6.11. The van der Waals surface area contributed by atoms with Gasteiger partial charge in [0.05, 0.1) is 6.54 Å². The van der Waals surface area contributed by atoms with Gasteiger partial charge in [0.1, 0.15) is 5.84 Å². The van der Waals surface area contributed by atoms with E-state index in [1.807, 2.05) is 23.1 Å². The van der Waals surface area contributed by atoms with E-state index in [1.54, 1.807) is 0 Å². The van der Waals surface area contributed by atoms with Crippen molar-refractivity contribution < 1.29 is 0 Å². The van der Waals surface area contributed by atoms with E-state index in [4.69, 9.17) is 5.41 Å². The average molecular weight is 222 g/mol. The maximum Gasteiger partial charge on any atom is 0.133 e. The third-order valence-electron chi connectivity index (χ3n) is 3.22. The quantitative estimate of drug-likeness (QED) is 0.787. The van der Waals surface area contributed by atoms with Gasteiger partial charge < -0.3 is 4.90 Å². The fourth-order valence-corrected chi connectivity index (χ4v) is 2.23. The van der Waals surface area contributed by atoms with Gasteiger partial charge >= 0.3 is 0 Å². The number of nitrogens with zero attached hydrogens (tertiary/aromatic N) is 1. The van der Waals surface area contributed by atoms with Crippen LogP contribution < -0.4 is 4.90 Å². The van der Waals surface area contributed by atoms with Crippen LogP contribution in [0.15, 0.2) is 48.5 Å². The summed E-state index contributed by atoms with van der Waals surface area (Å²) in [7, 11) is 0. The smallest absolute Gasteiger partial charge is 0.133 e. The second-order valence-corrected chi connectivity index (χ2v) is 4.43. The third-order valence-corrected chi connectivity index (χ3v) is 3.22. The fraction of sp³-hybridized carbons (Fsp3) is 0.133. The molecule has 2 aromatic rings. The highest BCUT2D eigenvalue weighted by atomic mass is 15.2. The van der Waals surface area contributed by atoms with Crippen molar-refractivity contribution in [1.29, 1.82) is 5.41 Å². The molecule has 0 aromatic heterocycles. The second-order valence-electron chi connectivity index (χ2n) is 4.43. The standard InChI is InChI=1S/C15H14N2/c1-11-6-8-13(9-7-11)17-10-12-4-2-3-5-14(12)15(17)16/h2-9,16H,10H2,1H3. The summed E-state index contributed by atoms with van der Waals surface area (Å²) >= 11 is 0. The molecule has 0 saturated heterocycles. The number of anilines is 1. The van der Waals surface area contributed by atoms with E-state index in [2.05, 4.69) is 37.3 Å². The minimum Gasteiger partial charge on any atom is -0.322 e. The summed E-state index contributed by atoms with van der Waals surface area (Å²) in [6, 6.07) is 16.5. The van der Waals surface area contributed by atoms with Gasteiger partial charge in [-0.1, -0.05) is 42.0 Å². The average Bonchev–Trinajstić information content (AvgIpc) is 2.69. The lowest BCUT2D eigenvalue weighted by Gasteiger charge is -2.18. The Morgan fingerprint density at radius 3 is 2.41 bits per heavy atom. The fourth-order valence-electron chi connectivity index (χ4n) is 2.23. The van der Waals surface area contributed by atoms with E-state index >= 15 is 0 Å². The van der Waals surface area contributed by atoms with Gasteiger partial charge in [-0.15, -0.1) is 0 Å². The van der Waals surface area contributed by atoms with Crippen molar-refractivity contribution in [3.8, 4) is 0 Å². The molecule has 2 heteroatoms. The molecule has 2 aromatic carbocycles. The molecule has 17 heavy (non-hydrogen) atoms. The minimum absolute atomic E-state index is 0.601. The van der Waals surface area contributed by atoms with Crippen molar-refractivity contribution in [3.05, 3.63) is 65.2 Å². The molecule has 0 fully saturated rings. The summed E-state index contributed by atoms with van der Waals surface area (Å²) in [5.74, 6) is 0.601. The van der Waals surface area contributed by atoms with Gasteiger partial charge in [-0.3, -0.25) is 5.41 Å². The summed E-state index contributed by atoms with van der Waals surface area (Å²) in [4.78, 5) is 2.05. The summed E-state index contributed by atoms with van der Waals surface area (Å²) in [6.45, 7) is 2.88. The van der Waals surface area contributed by atoms with E-state index < -0.39 is 0 Å². The summed E-state index contributed by atoms with van der Waals surface area (Å²) < 4.78 is 0. The van der Waals surface area contributed by atoms with Crippen molar-refractivity contribution in [1.82, 2.24) is 0 Å². The Labute approximate surface area is 101 Å². The van der Waals surface area contributed by atoms with Crippen molar-refractivity contribution in [2.75, 3.05) is 4.90 Å². The van der Waals surface area contributed by atoms with Crippen LogP contribution in [0.3, 0.4) is 0 Å². The number of amidine groups is 1. The zero-order valence-electron chi connectivity index (χ0n) is 9.77. The molecule has 1 aliphatic rings. The second kappa shape index (κ2) is 3.74. The van der Waals surface area contributed by atoms with E-state index in [-0.39, 0.29) is 0 Å². The lowest BCUT2D eigenvalue weighted by atomic mass is 10.1. The zero-order valence-corrected chi connectivity index (χ0v) is 9.77. The Morgan fingerprint density at radius 1 is 1.00 bits per heavy atom. The van der Waals surface area contributed by atoms with Gasteiger partial charge in [0.15, 0.2) is 0 Å². The Balaban J connectivity index is 1.99. The number of nitrogens with one attached hydrogen (secondary N) is 1. The molecule has 0 saturated carbocycles. The first-order valence-corrected chi connectivity index (χ1v) is 5.77. The molecule has 84 valence electrons. The van der Waals surface area contributed by atoms with Crippen LogP contribution >= 0.6 is 0 Å². The summed E-state index contributed by atoms with van der Waals surface area (Å²) in [5.41, 5.74) is 4.62. The largest absolute Gasteiger partial charge is 0.322 e. The normalized spacial score (nSPS) is 13.9. The van der Waals surface area contributed by atoms with Crippen molar-refractivity contribution in [2.24, 2.45) is 0 Å². The third kappa shape index (κ3) is 1.62. The van der Waals surface area contributed by atoms with Crippen molar-refractivity contribution in [2.45, 2.75) is 13.5 Å². The number of hydrogen-bond acceptors (Lipinski definition) is 1. The Kier molecular flexibility index (Phi) is 2.22. The van der Waals surface area contributed by atoms with E-state index in [1.165, 1.54) is 11.1 Å². The topological polar surface area (TPSA) is 27.1 Å². The molecule has 0 unspecified atom stereocenters. The molecule has 1 aliphatic heterocycles. The zero-order chi connectivity index (χ0) is 11.8. The lowest BCUT2D eigenvalue weighted by Crippen LogP contribution is -2.22. The molecule has 1 N–H and O–H groups in total. The van der Waals surface area contributed by atoms with E-state index in [0.717, 1.165) is 17.8 Å². The highest BCUT2D eigenvalue weighted by Gasteiger charge is 2.24. The molecule has 0 aliphatic carbocycles. The number of benzene rings is 2. The van der Waals surface area contributed by atoms with Gasteiger partial charge in [0, 0.05) is 11.3 Å².